The Balaban J connectivity index is 2.08. The van der Waals surface area contributed by atoms with Crippen LogP contribution >= 0.6 is 0 Å². The van der Waals surface area contributed by atoms with Crippen molar-refractivity contribution in [3.63, 3.8) is 0 Å². The minimum atomic E-state index is -0.150. The Bertz CT molecular complexity index is 540. The van der Waals surface area contributed by atoms with E-state index in [1.807, 2.05) is 31.2 Å². The van der Waals surface area contributed by atoms with Crippen LogP contribution in [0, 0.1) is 12.7 Å². The van der Waals surface area contributed by atoms with E-state index in [2.05, 4.69) is 17.2 Å². The molecular formula is C16H19FN2. The normalized spacial score (nSPS) is 14.1. The maximum absolute atomic E-state index is 13.6. The highest BCUT2D eigenvalue weighted by Gasteiger charge is 2.12. The Morgan fingerprint density at radius 1 is 1.00 bits per heavy atom. The lowest BCUT2D eigenvalue weighted by Gasteiger charge is -2.21. The van der Waals surface area contributed by atoms with Gasteiger partial charge in [0.2, 0.25) is 0 Å². The molecule has 1 heterocycles. The van der Waals surface area contributed by atoms with Gasteiger partial charge < -0.3 is 5.32 Å². The summed E-state index contributed by atoms with van der Waals surface area (Å²) >= 11 is 0. The monoisotopic (exact) mass is 258 g/mol. The highest BCUT2D eigenvalue weighted by Crippen LogP contribution is 2.20. The fourth-order valence-electron chi connectivity index (χ4n) is 2.10. The summed E-state index contributed by atoms with van der Waals surface area (Å²) in [5.74, 6) is -0.150. The van der Waals surface area contributed by atoms with E-state index >= 15 is 0 Å². The van der Waals surface area contributed by atoms with E-state index in [-0.39, 0.29) is 17.9 Å². The Morgan fingerprint density at radius 3 is 2.26 bits per heavy atom. The number of halogens is 1. The van der Waals surface area contributed by atoms with Crippen LogP contribution in [0.4, 0.5) is 4.39 Å². The van der Waals surface area contributed by atoms with E-state index in [1.165, 1.54) is 5.56 Å². The third kappa shape index (κ3) is 3.38. The number of hydrogen-bond acceptors (Lipinski definition) is 2. The first-order valence-electron chi connectivity index (χ1n) is 6.50. The Kier molecular flexibility index (Phi) is 4.27. The summed E-state index contributed by atoms with van der Waals surface area (Å²) in [4.78, 5) is 4.01. The van der Waals surface area contributed by atoms with Crippen molar-refractivity contribution in [1.29, 1.82) is 0 Å². The number of nitrogens with one attached hydrogen (secondary N) is 1. The zero-order chi connectivity index (χ0) is 13.8. The summed E-state index contributed by atoms with van der Waals surface area (Å²) in [7, 11) is 0. The first-order valence-corrected chi connectivity index (χ1v) is 6.50. The average Bonchev–Trinajstić information content (AvgIpc) is 2.42. The van der Waals surface area contributed by atoms with E-state index in [4.69, 9.17) is 0 Å². The van der Waals surface area contributed by atoms with Gasteiger partial charge in [0.05, 0.1) is 0 Å². The van der Waals surface area contributed by atoms with Crippen molar-refractivity contribution >= 4 is 0 Å². The molecule has 100 valence electrons. The van der Waals surface area contributed by atoms with Gasteiger partial charge in [-0.25, -0.2) is 4.39 Å². The summed E-state index contributed by atoms with van der Waals surface area (Å²) < 4.78 is 13.6. The second kappa shape index (κ2) is 5.93. The van der Waals surface area contributed by atoms with Gasteiger partial charge in [-0.1, -0.05) is 12.1 Å². The van der Waals surface area contributed by atoms with Crippen molar-refractivity contribution in [2.45, 2.75) is 32.9 Å². The molecule has 0 bridgehead atoms. The standard InChI is InChI=1S/C16H19FN2/c1-11-4-5-15(10-16(11)17)13(3)19-12(2)14-6-8-18-9-7-14/h4-10,12-13,19H,1-3H3. The van der Waals surface area contributed by atoms with Crippen molar-refractivity contribution in [1.82, 2.24) is 10.3 Å². The summed E-state index contributed by atoms with van der Waals surface area (Å²) in [6, 6.07) is 9.66. The molecule has 2 atom stereocenters. The van der Waals surface area contributed by atoms with Gasteiger partial charge >= 0.3 is 0 Å². The van der Waals surface area contributed by atoms with Crippen LogP contribution in [0.25, 0.3) is 0 Å². The van der Waals surface area contributed by atoms with Gasteiger partial charge in [0.25, 0.3) is 0 Å². The van der Waals surface area contributed by atoms with Crippen LogP contribution in [0.5, 0.6) is 0 Å². The predicted molar refractivity (Wildman–Crippen MR) is 75.3 cm³/mol. The minimum Gasteiger partial charge on any atom is -0.304 e. The lowest BCUT2D eigenvalue weighted by atomic mass is 10.0. The molecule has 0 aliphatic carbocycles. The van der Waals surface area contributed by atoms with Crippen LogP contribution in [0.15, 0.2) is 42.7 Å². The molecule has 0 saturated carbocycles. The lowest BCUT2D eigenvalue weighted by molar-refractivity contribution is 0.491. The van der Waals surface area contributed by atoms with Crippen LogP contribution < -0.4 is 5.32 Å². The number of pyridine rings is 1. The quantitative estimate of drug-likeness (QED) is 0.898. The lowest BCUT2D eigenvalue weighted by Crippen LogP contribution is -2.22. The Morgan fingerprint density at radius 2 is 1.63 bits per heavy atom. The number of hydrogen-bond donors (Lipinski definition) is 1. The maximum Gasteiger partial charge on any atom is 0.126 e. The molecule has 0 aliphatic heterocycles. The minimum absolute atomic E-state index is 0.0956. The molecule has 1 N–H and O–H groups in total. The Labute approximate surface area is 113 Å². The van der Waals surface area contributed by atoms with Gasteiger partial charge in [-0.3, -0.25) is 4.98 Å². The topological polar surface area (TPSA) is 24.9 Å². The summed E-state index contributed by atoms with van der Waals surface area (Å²) in [6.07, 6.45) is 3.56. The third-order valence-corrected chi connectivity index (χ3v) is 3.40. The summed E-state index contributed by atoms with van der Waals surface area (Å²) in [5, 5.41) is 3.46. The van der Waals surface area contributed by atoms with E-state index in [0.717, 1.165) is 5.56 Å². The second-order valence-electron chi connectivity index (χ2n) is 4.90. The van der Waals surface area contributed by atoms with E-state index in [1.54, 1.807) is 25.4 Å². The predicted octanol–water partition coefficient (Wildman–Crippen LogP) is 3.94. The molecule has 0 radical (unpaired) electrons. The van der Waals surface area contributed by atoms with Gasteiger partial charge in [-0.2, -0.15) is 0 Å². The zero-order valence-electron chi connectivity index (χ0n) is 11.5. The number of nitrogens with zero attached hydrogens (tertiary/aromatic N) is 1. The molecule has 3 heteroatoms. The first-order chi connectivity index (χ1) is 9.08. The van der Waals surface area contributed by atoms with Crippen LogP contribution in [0.1, 0.15) is 42.6 Å². The smallest absolute Gasteiger partial charge is 0.126 e. The second-order valence-corrected chi connectivity index (χ2v) is 4.90. The molecule has 1 aromatic heterocycles. The fourth-order valence-corrected chi connectivity index (χ4v) is 2.10. The SMILES string of the molecule is Cc1ccc(C(C)NC(C)c2ccncc2)cc1F. The van der Waals surface area contributed by atoms with Crippen LogP contribution in [0.2, 0.25) is 0 Å². The zero-order valence-corrected chi connectivity index (χ0v) is 11.5. The van der Waals surface area contributed by atoms with Gasteiger partial charge in [0, 0.05) is 24.5 Å². The Hall–Kier alpha value is -1.74. The summed E-state index contributed by atoms with van der Waals surface area (Å²) in [6.45, 7) is 5.91. The number of rotatable bonds is 4. The van der Waals surface area contributed by atoms with E-state index in [9.17, 15) is 4.39 Å². The number of aromatic nitrogens is 1. The third-order valence-electron chi connectivity index (χ3n) is 3.40. The molecule has 0 amide bonds. The molecule has 0 aliphatic rings. The molecule has 2 unspecified atom stereocenters. The van der Waals surface area contributed by atoms with E-state index in [0.29, 0.717) is 5.56 Å². The van der Waals surface area contributed by atoms with Gasteiger partial charge in [0.15, 0.2) is 0 Å². The van der Waals surface area contributed by atoms with Crippen molar-refractivity contribution in [3.8, 4) is 0 Å². The molecule has 2 rings (SSSR count). The van der Waals surface area contributed by atoms with E-state index < -0.39 is 0 Å². The highest BCUT2D eigenvalue weighted by molar-refractivity contribution is 5.26. The molecule has 0 saturated heterocycles. The number of benzene rings is 1. The summed E-state index contributed by atoms with van der Waals surface area (Å²) in [5.41, 5.74) is 2.82. The van der Waals surface area contributed by atoms with Crippen LogP contribution in [-0.2, 0) is 0 Å². The van der Waals surface area contributed by atoms with Crippen molar-refractivity contribution in [2.75, 3.05) is 0 Å². The fraction of sp³-hybridized carbons (Fsp3) is 0.312. The molecule has 0 spiro atoms. The highest BCUT2D eigenvalue weighted by atomic mass is 19.1. The molecule has 1 aromatic carbocycles. The molecule has 0 fully saturated rings. The van der Waals surface area contributed by atoms with Gasteiger partial charge in [-0.15, -0.1) is 0 Å². The number of aryl methyl sites for hydroxylation is 1. The van der Waals surface area contributed by atoms with Crippen molar-refractivity contribution < 1.29 is 4.39 Å². The van der Waals surface area contributed by atoms with Crippen molar-refractivity contribution in [2.24, 2.45) is 0 Å². The van der Waals surface area contributed by atoms with Gasteiger partial charge in [0.1, 0.15) is 5.82 Å². The largest absolute Gasteiger partial charge is 0.304 e. The first kappa shape index (κ1) is 13.7. The van der Waals surface area contributed by atoms with Crippen LogP contribution in [0.3, 0.4) is 0 Å². The van der Waals surface area contributed by atoms with Gasteiger partial charge in [-0.05, 0) is 55.7 Å². The van der Waals surface area contributed by atoms with Crippen LogP contribution in [-0.4, -0.2) is 4.98 Å². The average molecular weight is 258 g/mol. The molecule has 2 aromatic rings. The molecule has 19 heavy (non-hydrogen) atoms. The maximum atomic E-state index is 13.6. The molecule has 2 nitrogen and oxygen atoms in total. The molecular weight excluding hydrogens is 239 g/mol. The van der Waals surface area contributed by atoms with Crippen molar-refractivity contribution in [3.05, 3.63) is 65.2 Å².